The van der Waals surface area contributed by atoms with Gasteiger partial charge in [0.1, 0.15) is 11.5 Å². The molecule has 0 unspecified atom stereocenters. The lowest BCUT2D eigenvalue weighted by Gasteiger charge is -2.01. The molecule has 1 aliphatic carbocycles. The van der Waals surface area contributed by atoms with Crippen molar-refractivity contribution in [1.82, 2.24) is 9.78 Å². The molecule has 4 heteroatoms. The monoisotopic (exact) mass is 230 g/mol. The van der Waals surface area contributed by atoms with Crippen LogP contribution >= 0.6 is 0 Å². The summed E-state index contributed by atoms with van der Waals surface area (Å²) in [4.78, 5) is 10.9. The number of nitrogens with zero attached hydrogens (tertiary/aromatic N) is 2. The molecule has 0 spiro atoms. The van der Waals surface area contributed by atoms with Crippen LogP contribution in [0.1, 0.15) is 34.8 Å². The summed E-state index contributed by atoms with van der Waals surface area (Å²) in [6, 6.07) is 6.41. The van der Waals surface area contributed by atoms with E-state index in [0.717, 1.165) is 24.8 Å². The number of halogens is 1. The van der Waals surface area contributed by atoms with Gasteiger partial charge in [0.2, 0.25) is 0 Å². The average Bonchev–Trinajstić information content (AvgIpc) is 3.10. The molecule has 1 heterocycles. The smallest absolute Gasteiger partial charge is 0.153 e. The summed E-state index contributed by atoms with van der Waals surface area (Å²) < 4.78 is 15.0. The van der Waals surface area contributed by atoms with Crippen molar-refractivity contribution in [2.75, 3.05) is 0 Å². The number of para-hydroxylation sites is 1. The van der Waals surface area contributed by atoms with Crippen LogP contribution in [0.2, 0.25) is 0 Å². The first-order valence-electron chi connectivity index (χ1n) is 5.59. The highest BCUT2D eigenvalue weighted by Crippen LogP contribution is 2.40. The van der Waals surface area contributed by atoms with E-state index in [-0.39, 0.29) is 5.82 Å². The molecule has 0 saturated heterocycles. The van der Waals surface area contributed by atoms with E-state index in [1.807, 2.05) is 0 Å². The van der Waals surface area contributed by atoms with Gasteiger partial charge in [-0.1, -0.05) is 12.1 Å². The van der Waals surface area contributed by atoms with E-state index in [2.05, 4.69) is 5.10 Å². The molecule has 2 aromatic rings. The van der Waals surface area contributed by atoms with E-state index < -0.39 is 0 Å². The summed E-state index contributed by atoms with van der Waals surface area (Å²) in [5, 5.41) is 4.32. The van der Waals surface area contributed by atoms with Crippen LogP contribution in [-0.4, -0.2) is 16.1 Å². The molecule has 1 aromatic carbocycles. The lowest BCUT2D eigenvalue weighted by Crippen LogP contribution is -1.98. The second kappa shape index (κ2) is 3.80. The Hall–Kier alpha value is -1.97. The molecule has 17 heavy (non-hydrogen) atoms. The Kier molecular flexibility index (Phi) is 2.28. The maximum atomic E-state index is 13.6. The molecule has 1 saturated carbocycles. The van der Waals surface area contributed by atoms with Crippen LogP contribution in [0.15, 0.2) is 30.5 Å². The van der Waals surface area contributed by atoms with Gasteiger partial charge in [-0.2, -0.15) is 5.10 Å². The SMILES string of the molecule is O=Cc1cn(-c2ccccc2F)nc1C1CC1. The molecular weight excluding hydrogens is 219 g/mol. The zero-order valence-electron chi connectivity index (χ0n) is 9.14. The Morgan fingerprint density at radius 1 is 1.35 bits per heavy atom. The molecule has 0 radical (unpaired) electrons. The van der Waals surface area contributed by atoms with E-state index in [4.69, 9.17) is 0 Å². The van der Waals surface area contributed by atoms with E-state index >= 15 is 0 Å². The number of hydrogen-bond donors (Lipinski definition) is 0. The predicted molar refractivity (Wildman–Crippen MR) is 60.9 cm³/mol. The molecule has 0 N–H and O–H groups in total. The van der Waals surface area contributed by atoms with Gasteiger partial charge in [-0.3, -0.25) is 4.79 Å². The Labute approximate surface area is 97.9 Å². The summed E-state index contributed by atoms with van der Waals surface area (Å²) in [7, 11) is 0. The number of hydrogen-bond acceptors (Lipinski definition) is 2. The highest BCUT2D eigenvalue weighted by molar-refractivity contribution is 5.76. The van der Waals surface area contributed by atoms with Gasteiger partial charge in [0.25, 0.3) is 0 Å². The summed E-state index contributed by atoms with van der Waals surface area (Å²) in [5.41, 5.74) is 1.74. The molecule has 0 atom stereocenters. The lowest BCUT2D eigenvalue weighted by atomic mass is 10.2. The number of aromatic nitrogens is 2. The molecule has 1 fully saturated rings. The maximum absolute atomic E-state index is 13.6. The van der Waals surface area contributed by atoms with Gasteiger partial charge in [-0.25, -0.2) is 9.07 Å². The topological polar surface area (TPSA) is 34.9 Å². The lowest BCUT2D eigenvalue weighted by molar-refractivity contribution is 0.112. The van der Waals surface area contributed by atoms with E-state index in [0.29, 0.717) is 17.2 Å². The number of carbonyl (C=O) groups excluding carboxylic acids is 1. The first-order chi connectivity index (χ1) is 8.29. The van der Waals surface area contributed by atoms with Crippen LogP contribution < -0.4 is 0 Å². The maximum Gasteiger partial charge on any atom is 0.153 e. The van der Waals surface area contributed by atoms with Gasteiger partial charge in [0.15, 0.2) is 6.29 Å². The third-order valence-corrected chi connectivity index (χ3v) is 2.96. The molecule has 0 aliphatic heterocycles. The van der Waals surface area contributed by atoms with Crippen molar-refractivity contribution < 1.29 is 9.18 Å². The minimum absolute atomic E-state index is 0.338. The average molecular weight is 230 g/mol. The van der Waals surface area contributed by atoms with Crippen molar-refractivity contribution in [3.05, 3.63) is 47.5 Å². The molecule has 1 aromatic heterocycles. The molecule has 0 amide bonds. The fraction of sp³-hybridized carbons (Fsp3) is 0.231. The predicted octanol–water partition coefficient (Wildman–Crippen LogP) is 2.70. The van der Waals surface area contributed by atoms with Crippen LogP contribution in [0.5, 0.6) is 0 Å². The highest BCUT2D eigenvalue weighted by Gasteiger charge is 2.29. The Bertz CT molecular complexity index is 573. The zero-order valence-corrected chi connectivity index (χ0v) is 9.14. The zero-order chi connectivity index (χ0) is 11.8. The molecule has 0 bridgehead atoms. The quantitative estimate of drug-likeness (QED) is 0.760. The van der Waals surface area contributed by atoms with Gasteiger partial charge in [0, 0.05) is 12.1 Å². The summed E-state index contributed by atoms with van der Waals surface area (Å²) >= 11 is 0. The summed E-state index contributed by atoms with van der Waals surface area (Å²) in [5.74, 6) is 0.0398. The molecule has 86 valence electrons. The Morgan fingerprint density at radius 3 is 2.76 bits per heavy atom. The Morgan fingerprint density at radius 2 is 2.12 bits per heavy atom. The van der Waals surface area contributed by atoms with Crippen LogP contribution in [0.25, 0.3) is 5.69 Å². The molecule has 1 aliphatic rings. The van der Waals surface area contributed by atoms with Crippen molar-refractivity contribution >= 4 is 6.29 Å². The van der Waals surface area contributed by atoms with Crippen LogP contribution in [0, 0.1) is 5.82 Å². The summed E-state index contributed by atoms with van der Waals surface area (Å²) in [6.07, 6.45) is 4.52. The molecule has 3 rings (SSSR count). The number of benzene rings is 1. The second-order valence-electron chi connectivity index (χ2n) is 4.26. The Balaban J connectivity index is 2.09. The van der Waals surface area contributed by atoms with Crippen molar-refractivity contribution in [3.63, 3.8) is 0 Å². The van der Waals surface area contributed by atoms with Crippen LogP contribution in [-0.2, 0) is 0 Å². The van der Waals surface area contributed by atoms with Crippen molar-refractivity contribution in [3.8, 4) is 5.69 Å². The minimum Gasteiger partial charge on any atom is -0.298 e. The van der Waals surface area contributed by atoms with Gasteiger partial charge in [-0.15, -0.1) is 0 Å². The fourth-order valence-corrected chi connectivity index (χ4v) is 1.93. The first kappa shape index (κ1) is 10.2. The van der Waals surface area contributed by atoms with E-state index in [1.165, 1.54) is 10.7 Å². The van der Waals surface area contributed by atoms with Crippen LogP contribution in [0.4, 0.5) is 4.39 Å². The van der Waals surface area contributed by atoms with Crippen molar-refractivity contribution in [2.45, 2.75) is 18.8 Å². The highest BCUT2D eigenvalue weighted by atomic mass is 19.1. The standard InChI is InChI=1S/C13H11FN2O/c14-11-3-1-2-4-12(11)16-7-10(8-17)13(15-16)9-5-6-9/h1-4,7-9H,5-6H2. The number of carbonyl (C=O) groups is 1. The van der Waals surface area contributed by atoms with Crippen molar-refractivity contribution in [1.29, 1.82) is 0 Å². The third-order valence-electron chi connectivity index (χ3n) is 2.96. The van der Waals surface area contributed by atoms with Gasteiger partial charge >= 0.3 is 0 Å². The van der Waals surface area contributed by atoms with E-state index in [9.17, 15) is 9.18 Å². The van der Waals surface area contributed by atoms with Gasteiger partial charge in [-0.05, 0) is 25.0 Å². The normalized spacial score (nSPS) is 14.9. The van der Waals surface area contributed by atoms with E-state index in [1.54, 1.807) is 24.4 Å². The largest absolute Gasteiger partial charge is 0.298 e. The first-order valence-corrected chi connectivity index (χ1v) is 5.59. The van der Waals surface area contributed by atoms with Crippen LogP contribution in [0.3, 0.4) is 0 Å². The number of rotatable bonds is 3. The van der Waals surface area contributed by atoms with Crippen molar-refractivity contribution in [2.24, 2.45) is 0 Å². The fourth-order valence-electron chi connectivity index (χ4n) is 1.93. The minimum atomic E-state index is -0.338. The third kappa shape index (κ3) is 1.75. The molecular formula is C13H11FN2O. The second-order valence-corrected chi connectivity index (χ2v) is 4.26. The van der Waals surface area contributed by atoms with Gasteiger partial charge in [0.05, 0.1) is 11.3 Å². The number of aldehydes is 1. The van der Waals surface area contributed by atoms with Gasteiger partial charge < -0.3 is 0 Å². The molecule has 3 nitrogen and oxygen atoms in total. The summed E-state index contributed by atoms with van der Waals surface area (Å²) in [6.45, 7) is 0.